The van der Waals surface area contributed by atoms with E-state index < -0.39 is 0 Å². The van der Waals surface area contributed by atoms with Gasteiger partial charge in [0, 0.05) is 7.05 Å². The van der Waals surface area contributed by atoms with Gasteiger partial charge in [0.1, 0.15) is 0 Å². The number of aliphatic imine (C=N–C) groups is 1. The van der Waals surface area contributed by atoms with E-state index in [0.29, 0.717) is 0 Å². The Balaban J connectivity index is 2.85. The third-order valence-corrected chi connectivity index (χ3v) is 2.36. The van der Waals surface area contributed by atoms with E-state index >= 15 is 0 Å². The van der Waals surface area contributed by atoms with Crippen molar-refractivity contribution >= 4 is 5.71 Å². The fraction of sp³-hybridized carbons (Fsp3) is 0.500. The van der Waals surface area contributed by atoms with Crippen molar-refractivity contribution in [2.45, 2.75) is 25.7 Å². The monoisotopic (exact) mass is 179 g/mol. The normalized spacial score (nSPS) is 18.5. The zero-order valence-corrected chi connectivity index (χ0v) is 8.09. The van der Waals surface area contributed by atoms with Crippen molar-refractivity contribution in [2.75, 3.05) is 7.05 Å². The largest absolute Gasteiger partial charge is 0.405 e. The van der Waals surface area contributed by atoms with Crippen molar-refractivity contribution in [2.24, 2.45) is 16.5 Å². The molecule has 0 unspecified atom stereocenters. The summed E-state index contributed by atoms with van der Waals surface area (Å²) < 4.78 is 0. The van der Waals surface area contributed by atoms with Gasteiger partial charge in [-0.05, 0) is 43.5 Å². The summed E-state index contributed by atoms with van der Waals surface area (Å²) in [6.07, 6.45) is 7.95. The van der Waals surface area contributed by atoms with E-state index in [2.05, 4.69) is 4.99 Å². The van der Waals surface area contributed by atoms with Crippen molar-refractivity contribution in [1.29, 1.82) is 0 Å². The SMILES string of the molecule is CN=C(C=CN)C(N)=C1CCCC1. The number of nitrogens with zero attached hydrogens (tertiary/aromatic N) is 1. The van der Waals surface area contributed by atoms with Crippen LogP contribution in [0.2, 0.25) is 0 Å². The van der Waals surface area contributed by atoms with Gasteiger partial charge in [-0.15, -0.1) is 0 Å². The third kappa shape index (κ3) is 2.34. The van der Waals surface area contributed by atoms with Crippen LogP contribution in [0.4, 0.5) is 0 Å². The predicted molar refractivity (Wildman–Crippen MR) is 56.4 cm³/mol. The molecule has 3 nitrogen and oxygen atoms in total. The van der Waals surface area contributed by atoms with Crippen molar-refractivity contribution in [1.82, 2.24) is 0 Å². The molecular weight excluding hydrogens is 162 g/mol. The molecule has 0 spiro atoms. The molecule has 0 amide bonds. The first-order valence-electron chi connectivity index (χ1n) is 4.62. The minimum absolute atomic E-state index is 0.805. The summed E-state index contributed by atoms with van der Waals surface area (Å²) >= 11 is 0. The van der Waals surface area contributed by atoms with Gasteiger partial charge in [-0.3, -0.25) is 4.99 Å². The van der Waals surface area contributed by atoms with E-state index in [-0.39, 0.29) is 0 Å². The fourth-order valence-corrected chi connectivity index (χ4v) is 1.63. The quantitative estimate of drug-likeness (QED) is 0.628. The van der Waals surface area contributed by atoms with Crippen molar-refractivity contribution in [3.05, 3.63) is 23.5 Å². The molecule has 0 bridgehead atoms. The first kappa shape index (κ1) is 9.84. The Kier molecular flexibility index (Phi) is 3.55. The summed E-state index contributed by atoms with van der Waals surface area (Å²) in [5.74, 6) is 0. The average Bonchev–Trinajstić information content (AvgIpc) is 2.65. The highest BCUT2D eigenvalue weighted by Gasteiger charge is 2.12. The highest BCUT2D eigenvalue weighted by molar-refractivity contribution is 6.08. The van der Waals surface area contributed by atoms with Crippen molar-refractivity contribution in [3.63, 3.8) is 0 Å². The Morgan fingerprint density at radius 1 is 1.38 bits per heavy atom. The second kappa shape index (κ2) is 4.70. The lowest BCUT2D eigenvalue weighted by atomic mass is 10.1. The molecule has 1 aliphatic carbocycles. The smallest absolute Gasteiger partial charge is 0.0813 e. The Hall–Kier alpha value is -1.25. The highest BCUT2D eigenvalue weighted by atomic mass is 14.7. The molecule has 0 atom stereocenters. The average molecular weight is 179 g/mol. The lowest BCUT2D eigenvalue weighted by molar-refractivity contribution is 0.886. The number of hydrogen-bond donors (Lipinski definition) is 2. The van der Waals surface area contributed by atoms with Gasteiger partial charge >= 0.3 is 0 Å². The minimum atomic E-state index is 0.805. The molecule has 13 heavy (non-hydrogen) atoms. The second-order valence-corrected chi connectivity index (χ2v) is 3.19. The van der Waals surface area contributed by atoms with Crippen LogP contribution in [0, 0.1) is 0 Å². The highest BCUT2D eigenvalue weighted by Crippen LogP contribution is 2.25. The predicted octanol–water partition coefficient (Wildman–Crippen LogP) is 1.32. The van der Waals surface area contributed by atoms with Crippen LogP contribution in [0.25, 0.3) is 0 Å². The van der Waals surface area contributed by atoms with Gasteiger partial charge in [-0.1, -0.05) is 0 Å². The topological polar surface area (TPSA) is 64.4 Å². The van der Waals surface area contributed by atoms with Gasteiger partial charge in [-0.25, -0.2) is 0 Å². The fourth-order valence-electron chi connectivity index (χ4n) is 1.63. The van der Waals surface area contributed by atoms with Crippen molar-refractivity contribution < 1.29 is 0 Å². The van der Waals surface area contributed by atoms with E-state index in [1.165, 1.54) is 24.6 Å². The molecule has 1 aliphatic rings. The van der Waals surface area contributed by atoms with E-state index in [1.54, 1.807) is 13.1 Å². The number of rotatable bonds is 2. The van der Waals surface area contributed by atoms with Gasteiger partial charge in [0.25, 0.3) is 0 Å². The first-order valence-corrected chi connectivity index (χ1v) is 4.62. The molecule has 0 aromatic rings. The van der Waals surface area contributed by atoms with Gasteiger partial charge in [0.15, 0.2) is 0 Å². The summed E-state index contributed by atoms with van der Waals surface area (Å²) in [4.78, 5) is 4.09. The molecule has 0 heterocycles. The Bertz CT molecular complexity index is 253. The van der Waals surface area contributed by atoms with Crippen LogP contribution in [-0.2, 0) is 0 Å². The molecule has 1 fully saturated rings. The van der Waals surface area contributed by atoms with Crippen LogP contribution in [-0.4, -0.2) is 12.8 Å². The summed E-state index contributed by atoms with van der Waals surface area (Å²) in [6.45, 7) is 0. The third-order valence-electron chi connectivity index (χ3n) is 2.36. The maximum Gasteiger partial charge on any atom is 0.0813 e. The van der Waals surface area contributed by atoms with Gasteiger partial charge in [-0.2, -0.15) is 0 Å². The number of hydrogen-bond acceptors (Lipinski definition) is 3. The van der Waals surface area contributed by atoms with Crippen LogP contribution in [0.15, 0.2) is 28.5 Å². The van der Waals surface area contributed by atoms with E-state index in [4.69, 9.17) is 11.5 Å². The molecule has 0 aromatic carbocycles. The zero-order chi connectivity index (χ0) is 9.68. The molecule has 0 aliphatic heterocycles. The summed E-state index contributed by atoms with van der Waals surface area (Å²) in [6, 6.07) is 0. The Morgan fingerprint density at radius 3 is 2.46 bits per heavy atom. The van der Waals surface area contributed by atoms with Crippen LogP contribution < -0.4 is 11.5 Å². The van der Waals surface area contributed by atoms with Gasteiger partial charge in [0.05, 0.1) is 11.4 Å². The Labute approximate surface area is 79.2 Å². The molecule has 3 heteroatoms. The molecule has 72 valence electrons. The maximum atomic E-state index is 5.96. The number of allylic oxidation sites excluding steroid dienone is 2. The summed E-state index contributed by atoms with van der Waals surface area (Å²) in [7, 11) is 1.73. The second-order valence-electron chi connectivity index (χ2n) is 3.19. The first-order chi connectivity index (χ1) is 6.29. The summed E-state index contributed by atoms with van der Waals surface area (Å²) in [5, 5.41) is 0. The van der Waals surface area contributed by atoms with Crippen LogP contribution in [0.5, 0.6) is 0 Å². The molecule has 4 N–H and O–H groups in total. The van der Waals surface area contributed by atoms with Crippen LogP contribution >= 0.6 is 0 Å². The standard InChI is InChI=1S/C10H17N3/c1-13-9(6-7-11)10(12)8-4-2-3-5-8/h6-7H,2-5,11-12H2,1H3. The molecule has 1 saturated carbocycles. The van der Waals surface area contributed by atoms with E-state index in [9.17, 15) is 0 Å². The molecular formula is C10H17N3. The maximum absolute atomic E-state index is 5.96. The van der Waals surface area contributed by atoms with Gasteiger partial charge < -0.3 is 11.5 Å². The van der Waals surface area contributed by atoms with Crippen LogP contribution in [0.1, 0.15) is 25.7 Å². The summed E-state index contributed by atoms with van der Waals surface area (Å²) in [5.41, 5.74) is 14.2. The van der Waals surface area contributed by atoms with Crippen molar-refractivity contribution in [3.8, 4) is 0 Å². The van der Waals surface area contributed by atoms with Gasteiger partial charge in [0.2, 0.25) is 0 Å². The Morgan fingerprint density at radius 2 is 2.00 bits per heavy atom. The lowest BCUT2D eigenvalue weighted by Crippen LogP contribution is -2.12. The van der Waals surface area contributed by atoms with E-state index in [1.807, 2.05) is 0 Å². The lowest BCUT2D eigenvalue weighted by Gasteiger charge is -2.04. The number of nitrogens with two attached hydrogens (primary N) is 2. The molecule has 1 rings (SSSR count). The van der Waals surface area contributed by atoms with Crippen LogP contribution in [0.3, 0.4) is 0 Å². The van der Waals surface area contributed by atoms with E-state index in [0.717, 1.165) is 24.3 Å². The molecule has 0 aromatic heterocycles. The molecule has 0 saturated heterocycles. The zero-order valence-electron chi connectivity index (χ0n) is 8.09. The molecule has 0 radical (unpaired) electrons. The minimum Gasteiger partial charge on any atom is -0.405 e.